The molecule has 0 aliphatic carbocycles. The molecule has 0 fully saturated rings. The van der Waals surface area contributed by atoms with Gasteiger partial charge in [-0.2, -0.15) is 4.39 Å². The van der Waals surface area contributed by atoms with E-state index < -0.39 is 5.82 Å². The molecule has 7 heteroatoms. The van der Waals surface area contributed by atoms with Crippen LogP contribution in [0.1, 0.15) is 6.92 Å². The van der Waals surface area contributed by atoms with E-state index in [9.17, 15) is 4.39 Å². The van der Waals surface area contributed by atoms with Gasteiger partial charge in [0, 0.05) is 6.54 Å². The summed E-state index contributed by atoms with van der Waals surface area (Å²) in [6.45, 7) is 2.45. The van der Waals surface area contributed by atoms with Gasteiger partial charge >= 0.3 is 0 Å². The monoisotopic (exact) mass is 217 g/mol. The number of nitrogens with one attached hydrogen (secondary N) is 2. The van der Waals surface area contributed by atoms with Crippen molar-refractivity contribution in [1.29, 1.82) is 0 Å². The van der Waals surface area contributed by atoms with Crippen LogP contribution in [-0.4, -0.2) is 22.8 Å². The van der Waals surface area contributed by atoms with Gasteiger partial charge in [0.05, 0.1) is 0 Å². The molecule has 0 radical (unpaired) electrons. The molecule has 78 valence electrons. The van der Waals surface area contributed by atoms with Crippen LogP contribution in [0.5, 0.6) is 0 Å². The minimum absolute atomic E-state index is 0.000278. The standard InChI is InChI=1S/C7H12FN5S/c1-3-10-5-4(8)6(13-9)12-7(11-5)14-2/h3,9H2,1-2H3,(H2,10,11,12,13). The van der Waals surface area contributed by atoms with Gasteiger partial charge in [0.1, 0.15) is 0 Å². The van der Waals surface area contributed by atoms with Gasteiger partial charge in [-0.05, 0) is 13.2 Å². The fourth-order valence-corrected chi connectivity index (χ4v) is 1.26. The van der Waals surface area contributed by atoms with Crippen LogP contribution in [0.15, 0.2) is 5.16 Å². The summed E-state index contributed by atoms with van der Waals surface area (Å²) in [6.07, 6.45) is 1.81. The second-order valence-electron chi connectivity index (χ2n) is 2.40. The van der Waals surface area contributed by atoms with E-state index in [-0.39, 0.29) is 11.6 Å². The number of hydrogen-bond donors (Lipinski definition) is 3. The molecule has 0 amide bonds. The number of nitrogens with two attached hydrogens (primary N) is 1. The minimum Gasteiger partial charge on any atom is -0.368 e. The van der Waals surface area contributed by atoms with Crippen molar-refractivity contribution in [2.75, 3.05) is 23.5 Å². The van der Waals surface area contributed by atoms with Gasteiger partial charge in [0.2, 0.25) is 5.82 Å². The lowest BCUT2D eigenvalue weighted by atomic mass is 10.5. The SMILES string of the molecule is CCNc1nc(SC)nc(NN)c1F. The molecule has 0 unspecified atom stereocenters. The number of thioether (sulfide) groups is 1. The molecule has 14 heavy (non-hydrogen) atoms. The smallest absolute Gasteiger partial charge is 0.209 e. The van der Waals surface area contributed by atoms with Crippen LogP contribution < -0.4 is 16.6 Å². The predicted octanol–water partition coefficient (Wildman–Crippen LogP) is 1.05. The zero-order chi connectivity index (χ0) is 10.6. The number of aromatic nitrogens is 2. The molecule has 0 aromatic carbocycles. The van der Waals surface area contributed by atoms with E-state index in [2.05, 4.69) is 20.7 Å². The Morgan fingerprint density at radius 3 is 2.57 bits per heavy atom. The van der Waals surface area contributed by atoms with Crippen LogP contribution in [0.25, 0.3) is 0 Å². The van der Waals surface area contributed by atoms with Crippen molar-refractivity contribution >= 4 is 23.4 Å². The highest BCUT2D eigenvalue weighted by atomic mass is 32.2. The van der Waals surface area contributed by atoms with E-state index in [4.69, 9.17) is 5.84 Å². The molecule has 5 nitrogen and oxygen atoms in total. The molecule has 1 heterocycles. The molecule has 0 spiro atoms. The number of anilines is 2. The summed E-state index contributed by atoms with van der Waals surface area (Å²) in [5, 5.41) is 3.26. The Morgan fingerprint density at radius 2 is 2.07 bits per heavy atom. The maximum absolute atomic E-state index is 13.4. The van der Waals surface area contributed by atoms with Crippen molar-refractivity contribution in [3.05, 3.63) is 5.82 Å². The number of nitrogens with zero attached hydrogens (tertiary/aromatic N) is 2. The van der Waals surface area contributed by atoms with Crippen molar-refractivity contribution in [1.82, 2.24) is 9.97 Å². The van der Waals surface area contributed by atoms with Crippen LogP contribution >= 0.6 is 11.8 Å². The van der Waals surface area contributed by atoms with Gasteiger partial charge in [-0.25, -0.2) is 15.8 Å². The van der Waals surface area contributed by atoms with Crippen molar-refractivity contribution < 1.29 is 4.39 Å². The van der Waals surface area contributed by atoms with Crippen molar-refractivity contribution in [2.45, 2.75) is 12.1 Å². The maximum atomic E-state index is 13.4. The number of nitrogen functional groups attached to an aromatic ring is 1. The third-order valence-corrected chi connectivity index (χ3v) is 2.04. The molecule has 0 atom stereocenters. The molecule has 0 bridgehead atoms. The lowest BCUT2D eigenvalue weighted by Crippen LogP contribution is -2.14. The summed E-state index contributed by atoms with van der Waals surface area (Å²) in [5.74, 6) is 4.73. The van der Waals surface area contributed by atoms with Gasteiger partial charge in [0.25, 0.3) is 0 Å². The largest absolute Gasteiger partial charge is 0.368 e. The molecular formula is C7H12FN5S. The predicted molar refractivity (Wildman–Crippen MR) is 55.7 cm³/mol. The number of rotatable bonds is 4. The molecule has 1 rings (SSSR count). The highest BCUT2D eigenvalue weighted by molar-refractivity contribution is 7.98. The Bertz CT molecular complexity index is 319. The van der Waals surface area contributed by atoms with Crippen molar-refractivity contribution in [2.24, 2.45) is 5.84 Å². The Hall–Kier alpha value is -1.08. The first kappa shape index (κ1) is 11.0. The first-order chi connectivity index (χ1) is 6.72. The topological polar surface area (TPSA) is 75.9 Å². The second kappa shape index (κ2) is 4.97. The highest BCUT2D eigenvalue weighted by Gasteiger charge is 2.12. The normalized spacial score (nSPS) is 10.0. The summed E-state index contributed by atoms with van der Waals surface area (Å²) < 4.78 is 13.4. The molecule has 1 aromatic rings. The Labute approximate surface area is 85.7 Å². The summed E-state index contributed by atoms with van der Waals surface area (Å²) in [4.78, 5) is 7.81. The number of hydrazine groups is 1. The van der Waals surface area contributed by atoms with E-state index in [0.717, 1.165) is 0 Å². The molecule has 0 aliphatic heterocycles. The van der Waals surface area contributed by atoms with Crippen LogP contribution in [0.3, 0.4) is 0 Å². The number of halogens is 1. The van der Waals surface area contributed by atoms with E-state index in [1.807, 2.05) is 13.2 Å². The van der Waals surface area contributed by atoms with Crippen LogP contribution in [0, 0.1) is 5.82 Å². The third-order valence-electron chi connectivity index (χ3n) is 1.49. The van der Waals surface area contributed by atoms with E-state index >= 15 is 0 Å². The molecular weight excluding hydrogens is 205 g/mol. The summed E-state index contributed by atoms with van der Waals surface area (Å²) >= 11 is 1.32. The summed E-state index contributed by atoms with van der Waals surface area (Å²) in [7, 11) is 0. The fourth-order valence-electron chi connectivity index (χ4n) is 0.898. The zero-order valence-electron chi connectivity index (χ0n) is 7.97. The number of hydrogen-bond acceptors (Lipinski definition) is 6. The van der Waals surface area contributed by atoms with Crippen LogP contribution in [0.4, 0.5) is 16.0 Å². The maximum Gasteiger partial charge on any atom is 0.209 e. The van der Waals surface area contributed by atoms with E-state index in [1.165, 1.54) is 11.8 Å². The zero-order valence-corrected chi connectivity index (χ0v) is 8.78. The quantitative estimate of drug-likeness (QED) is 0.303. The molecule has 0 aliphatic rings. The van der Waals surface area contributed by atoms with E-state index in [1.54, 1.807) is 0 Å². The lowest BCUT2D eigenvalue weighted by molar-refractivity contribution is 0.614. The first-order valence-electron chi connectivity index (χ1n) is 4.05. The van der Waals surface area contributed by atoms with E-state index in [0.29, 0.717) is 11.7 Å². The molecule has 4 N–H and O–H groups in total. The highest BCUT2D eigenvalue weighted by Crippen LogP contribution is 2.21. The van der Waals surface area contributed by atoms with Crippen molar-refractivity contribution in [3.8, 4) is 0 Å². The van der Waals surface area contributed by atoms with Gasteiger partial charge in [-0.15, -0.1) is 0 Å². The summed E-state index contributed by atoms with van der Waals surface area (Å²) in [6, 6.07) is 0. The average molecular weight is 217 g/mol. The average Bonchev–Trinajstić information content (AvgIpc) is 2.21. The Kier molecular flexibility index (Phi) is 3.90. The Morgan fingerprint density at radius 1 is 1.43 bits per heavy atom. The summed E-state index contributed by atoms with van der Waals surface area (Å²) in [5.41, 5.74) is 2.19. The van der Waals surface area contributed by atoms with Crippen LogP contribution in [-0.2, 0) is 0 Å². The van der Waals surface area contributed by atoms with Gasteiger partial charge in [0.15, 0.2) is 16.8 Å². The van der Waals surface area contributed by atoms with Crippen LogP contribution in [0.2, 0.25) is 0 Å². The minimum atomic E-state index is -0.563. The van der Waals surface area contributed by atoms with Crippen molar-refractivity contribution in [3.63, 3.8) is 0 Å². The second-order valence-corrected chi connectivity index (χ2v) is 3.17. The van der Waals surface area contributed by atoms with Gasteiger partial charge in [-0.1, -0.05) is 11.8 Å². The van der Waals surface area contributed by atoms with Gasteiger partial charge in [-0.3, -0.25) is 0 Å². The van der Waals surface area contributed by atoms with Gasteiger partial charge < -0.3 is 10.7 Å². The lowest BCUT2D eigenvalue weighted by Gasteiger charge is -2.08. The molecule has 0 saturated carbocycles. The fraction of sp³-hybridized carbons (Fsp3) is 0.429. The first-order valence-corrected chi connectivity index (χ1v) is 5.27. The molecule has 1 aromatic heterocycles. The Balaban J connectivity index is 3.12. The molecule has 0 saturated heterocycles. The third kappa shape index (κ3) is 2.24.